The van der Waals surface area contributed by atoms with Crippen LogP contribution >= 0.6 is 11.6 Å². The van der Waals surface area contributed by atoms with Gasteiger partial charge >= 0.3 is 0 Å². The SMILES string of the molecule is Clc1cncc(OCc2ccc(OCc3ccccc3)cc2)n1. The van der Waals surface area contributed by atoms with Crippen molar-refractivity contribution in [1.82, 2.24) is 9.97 Å². The average Bonchev–Trinajstić information content (AvgIpc) is 2.60. The van der Waals surface area contributed by atoms with Gasteiger partial charge in [0.25, 0.3) is 0 Å². The van der Waals surface area contributed by atoms with E-state index in [1.165, 1.54) is 12.4 Å². The van der Waals surface area contributed by atoms with Crippen LogP contribution in [0.4, 0.5) is 0 Å². The first kappa shape index (κ1) is 15.3. The van der Waals surface area contributed by atoms with E-state index >= 15 is 0 Å². The smallest absolute Gasteiger partial charge is 0.234 e. The summed E-state index contributed by atoms with van der Waals surface area (Å²) in [5.74, 6) is 1.22. The number of rotatable bonds is 6. The topological polar surface area (TPSA) is 44.2 Å². The number of hydrogen-bond acceptors (Lipinski definition) is 4. The third-order valence-corrected chi connectivity index (χ3v) is 3.32. The molecule has 0 aliphatic heterocycles. The number of nitrogens with zero attached hydrogens (tertiary/aromatic N) is 2. The largest absolute Gasteiger partial charge is 0.489 e. The van der Waals surface area contributed by atoms with E-state index in [4.69, 9.17) is 21.1 Å². The van der Waals surface area contributed by atoms with Crippen molar-refractivity contribution in [2.24, 2.45) is 0 Å². The van der Waals surface area contributed by atoms with Crippen molar-refractivity contribution >= 4 is 11.6 Å². The van der Waals surface area contributed by atoms with Crippen molar-refractivity contribution < 1.29 is 9.47 Å². The molecule has 116 valence electrons. The second kappa shape index (κ2) is 7.61. The van der Waals surface area contributed by atoms with Gasteiger partial charge in [0.1, 0.15) is 19.0 Å². The first-order valence-electron chi connectivity index (χ1n) is 7.15. The highest BCUT2D eigenvalue weighted by molar-refractivity contribution is 6.29. The predicted molar refractivity (Wildman–Crippen MR) is 88.6 cm³/mol. The van der Waals surface area contributed by atoms with Gasteiger partial charge in [-0.3, -0.25) is 4.98 Å². The molecule has 0 fully saturated rings. The van der Waals surface area contributed by atoms with E-state index in [1.807, 2.05) is 54.6 Å². The maximum absolute atomic E-state index is 5.76. The van der Waals surface area contributed by atoms with Gasteiger partial charge < -0.3 is 9.47 Å². The zero-order chi connectivity index (χ0) is 15.9. The Hall–Kier alpha value is -2.59. The Balaban J connectivity index is 1.52. The van der Waals surface area contributed by atoms with Crippen LogP contribution in [0.5, 0.6) is 11.6 Å². The van der Waals surface area contributed by atoms with Gasteiger partial charge in [0, 0.05) is 0 Å². The molecule has 0 saturated carbocycles. The summed E-state index contributed by atoms with van der Waals surface area (Å²) in [7, 11) is 0. The highest BCUT2D eigenvalue weighted by atomic mass is 35.5. The lowest BCUT2D eigenvalue weighted by Crippen LogP contribution is -1.99. The fraction of sp³-hybridized carbons (Fsp3) is 0.111. The summed E-state index contributed by atoms with van der Waals surface area (Å²) in [6, 6.07) is 17.8. The molecule has 0 bridgehead atoms. The summed E-state index contributed by atoms with van der Waals surface area (Å²) in [6.45, 7) is 0.947. The standard InChI is InChI=1S/C18H15ClN2O2/c19-17-10-20-11-18(21-17)23-13-15-6-8-16(9-7-15)22-12-14-4-2-1-3-5-14/h1-11H,12-13H2. The zero-order valence-corrected chi connectivity index (χ0v) is 13.1. The monoisotopic (exact) mass is 326 g/mol. The molecular formula is C18H15ClN2O2. The highest BCUT2D eigenvalue weighted by Crippen LogP contribution is 2.16. The van der Waals surface area contributed by atoms with Crippen LogP contribution in [-0.2, 0) is 13.2 Å². The molecule has 23 heavy (non-hydrogen) atoms. The lowest BCUT2D eigenvalue weighted by Gasteiger charge is -2.08. The lowest BCUT2D eigenvalue weighted by atomic mass is 10.2. The molecule has 0 radical (unpaired) electrons. The van der Waals surface area contributed by atoms with Crippen LogP contribution in [0.25, 0.3) is 0 Å². The van der Waals surface area contributed by atoms with Crippen LogP contribution in [0, 0.1) is 0 Å². The normalized spacial score (nSPS) is 10.3. The summed E-state index contributed by atoms with van der Waals surface area (Å²) >= 11 is 5.76. The van der Waals surface area contributed by atoms with E-state index in [-0.39, 0.29) is 0 Å². The minimum Gasteiger partial charge on any atom is -0.489 e. The molecule has 1 aromatic heterocycles. The van der Waals surface area contributed by atoms with Gasteiger partial charge in [-0.1, -0.05) is 54.1 Å². The summed E-state index contributed by atoms with van der Waals surface area (Å²) in [5, 5.41) is 0.312. The minimum atomic E-state index is 0.312. The van der Waals surface area contributed by atoms with Crippen molar-refractivity contribution in [3.05, 3.63) is 83.3 Å². The molecule has 4 nitrogen and oxygen atoms in total. The van der Waals surface area contributed by atoms with Crippen LogP contribution in [0.15, 0.2) is 67.0 Å². The number of benzene rings is 2. The Kier molecular flexibility index (Phi) is 5.06. The van der Waals surface area contributed by atoms with E-state index in [2.05, 4.69) is 9.97 Å². The van der Waals surface area contributed by atoms with Crippen LogP contribution in [0.1, 0.15) is 11.1 Å². The van der Waals surface area contributed by atoms with Crippen molar-refractivity contribution in [3.63, 3.8) is 0 Å². The Morgan fingerprint density at radius 3 is 2.22 bits per heavy atom. The van der Waals surface area contributed by atoms with Gasteiger partial charge in [-0.15, -0.1) is 0 Å². The molecule has 0 aliphatic carbocycles. The van der Waals surface area contributed by atoms with Crippen LogP contribution in [0.3, 0.4) is 0 Å². The van der Waals surface area contributed by atoms with Crippen molar-refractivity contribution in [3.8, 4) is 11.6 Å². The Morgan fingerprint density at radius 2 is 1.48 bits per heavy atom. The minimum absolute atomic E-state index is 0.312. The van der Waals surface area contributed by atoms with E-state index in [0.29, 0.717) is 24.2 Å². The number of halogens is 1. The highest BCUT2D eigenvalue weighted by Gasteiger charge is 2.00. The zero-order valence-electron chi connectivity index (χ0n) is 12.4. The molecule has 3 rings (SSSR count). The van der Waals surface area contributed by atoms with Gasteiger partial charge in [0.05, 0.1) is 12.4 Å². The number of ether oxygens (including phenoxy) is 2. The van der Waals surface area contributed by atoms with E-state index in [9.17, 15) is 0 Å². The molecule has 3 aromatic rings. The molecule has 0 spiro atoms. The molecule has 0 atom stereocenters. The van der Waals surface area contributed by atoms with E-state index < -0.39 is 0 Å². The fourth-order valence-electron chi connectivity index (χ4n) is 1.98. The molecule has 1 heterocycles. The van der Waals surface area contributed by atoms with E-state index in [0.717, 1.165) is 16.9 Å². The van der Waals surface area contributed by atoms with Gasteiger partial charge in [0.15, 0.2) is 5.15 Å². The summed E-state index contributed by atoms with van der Waals surface area (Å²) in [4.78, 5) is 7.95. The Bertz CT molecular complexity index is 748. The molecule has 0 saturated heterocycles. The van der Waals surface area contributed by atoms with Crippen molar-refractivity contribution in [2.75, 3.05) is 0 Å². The molecule has 2 aromatic carbocycles. The second-order valence-corrected chi connectivity index (χ2v) is 5.27. The third-order valence-electron chi connectivity index (χ3n) is 3.14. The number of aromatic nitrogens is 2. The summed E-state index contributed by atoms with van der Waals surface area (Å²) in [5.41, 5.74) is 2.15. The molecule has 0 unspecified atom stereocenters. The van der Waals surface area contributed by atoms with Crippen LogP contribution in [0.2, 0.25) is 5.15 Å². The van der Waals surface area contributed by atoms with Crippen LogP contribution in [-0.4, -0.2) is 9.97 Å². The first-order chi connectivity index (χ1) is 11.3. The fourth-order valence-corrected chi connectivity index (χ4v) is 2.11. The van der Waals surface area contributed by atoms with Gasteiger partial charge in [-0.2, -0.15) is 4.98 Å². The Morgan fingerprint density at radius 1 is 0.783 bits per heavy atom. The van der Waals surface area contributed by atoms with Crippen molar-refractivity contribution in [2.45, 2.75) is 13.2 Å². The predicted octanol–water partition coefficient (Wildman–Crippen LogP) is 4.29. The molecular weight excluding hydrogens is 312 g/mol. The molecule has 0 N–H and O–H groups in total. The second-order valence-electron chi connectivity index (χ2n) is 4.89. The third kappa shape index (κ3) is 4.69. The maximum atomic E-state index is 5.76. The summed E-state index contributed by atoms with van der Waals surface area (Å²) < 4.78 is 11.3. The van der Waals surface area contributed by atoms with Gasteiger partial charge in [-0.05, 0) is 23.3 Å². The molecule has 5 heteroatoms. The van der Waals surface area contributed by atoms with Gasteiger partial charge in [-0.25, -0.2) is 0 Å². The molecule has 0 amide bonds. The molecule has 0 aliphatic rings. The van der Waals surface area contributed by atoms with E-state index in [1.54, 1.807) is 0 Å². The Labute approximate surface area is 139 Å². The van der Waals surface area contributed by atoms with Gasteiger partial charge in [0.2, 0.25) is 5.88 Å². The average molecular weight is 327 g/mol. The summed E-state index contributed by atoms with van der Waals surface area (Å²) in [6.07, 6.45) is 3.00. The number of hydrogen-bond donors (Lipinski definition) is 0. The first-order valence-corrected chi connectivity index (χ1v) is 7.53. The van der Waals surface area contributed by atoms with Crippen molar-refractivity contribution in [1.29, 1.82) is 0 Å². The lowest BCUT2D eigenvalue weighted by molar-refractivity contribution is 0.291. The maximum Gasteiger partial charge on any atom is 0.234 e. The van der Waals surface area contributed by atoms with Crippen LogP contribution < -0.4 is 9.47 Å². The quantitative estimate of drug-likeness (QED) is 0.678.